The van der Waals surface area contributed by atoms with Crippen LogP contribution in [-0.2, 0) is 17.8 Å². The van der Waals surface area contributed by atoms with Crippen LogP contribution < -0.4 is 10.1 Å². The fourth-order valence-corrected chi connectivity index (χ4v) is 4.21. The molecule has 0 bridgehead atoms. The first kappa shape index (κ1) is 23.3. The van der Waals surface area contributed by atoms with E-state index in [0.29, 0.717) is 23.9 Å². The second-order valence-corrected chi connectivity index (χ2v) is 8.60. The second kappa shape index (κ2) is 11.3. The first-order valence-corrected chi connectivity index (χ1v) is 11.0. The molecule has 1 atom stereocenters. The summed E-state index contributed by atoms with van der Waals surface area (Å²) in [5, 5.41) is 22.8. The molecular weight excluding hydrogens is 392 g/mol. The lowest BCUT2D eigenvalue weighted by Gasteiger charge is -2.33. The number of benzene rings is 2. The van der Waals surface area contributed by atoms with Crippen LogP contribution in [0, 0.1) is 13.8 Å². The molecule has 0 unspecified atom stereocenters. The Hall–Kier alpha value is -2.41. The molecule has 3 rings (SSSR count). The van der Waals surface area contributed by atoms with Gasteiger partial charge in [0.15, 0.2) is 0 Å². The first-order valence-electron chi connectivity index (χ1n) is 11.0. The van der Waals surface area contributed by atoms with Gasteiger partial charge in [-0.3, -0.25) is 9.69 Å². The molecule has 0 radical (unpaired) electrons. The number of hydrogen-bond acceptors (Lipinski definition) is 5. The van der Waals surface area contributed by atoms with Crippen molar-refractivity contribution in [2.24, 2.45) is 0 Å². The zero-order valence-corrected chi connectivity index (χ0v) is 18.5. The van der Waals surface area contributed by atoms with Crippen molar-refractivity contribution < 1.29 is 19.7 Å². The molecule has 2 aromatic rings. The lowest BCUT2D eigenvalue weighted by molar-refractivity contribution is -0.136. The summed E-state index contributed by atoms with van der Waals surface area (Å²) in [6.07, 6.45) is 1.37. The summed E-state index contributed by atoms with van der Waals surface area (Å²) < 4.78 is 5.68. The summed E-state index contributed by atoms with van der Waals surface area (Å²) in [6.45, 7) is 7.96. The first-order chi connectivity index (χ1) is 14.9. The third kappa shape index (κ3) is 7.65. The molecule has 6 heteroatoms. The average Bonchev–Trinajstić information content (AvgIpc) is 2.71. The van der Waals surface area contributed by atoms with Crippen LogP contribution in [0.25, 0.3) is 0 Å². The zero-order valence-electron chi connectivity index (χ0n) is 18.5. The molecule has 3 N–H and O–H groups in total. The van der Waals surface area contributed by atoms with Gasteiger partial charge in [0.25, 0.3) is 0 Å². The van der Waals surface area contributed by atoms with Crippen LogP contribution in [0.2, 0.25) is 0 Å². The Balaban J connectivity index is 1.37. The number of nitrogens with one attached hydrogen (secondary N) is 1. The number of carboxylic acids is 1. The van der Waals surface area contributed by atoms with Crippen molar-refractivity contribution in [2.75, 3.05) is 26.2 Å². The summed E-state index contributed by atoms with van der Waals surface area (Å²) in [6, 6.07) is 14.2. The third-order valence-corrected chi connectivity index (χ3v) is 5.66. The van der Waals surface area contributed by atoms with Gasteiger partial charge in [0, 0.05) is 24.7 Å². The number of ether oxygens (including phenoxy) is 1. The standard InChI is InChI=1S/C25H34N2O4/c1-18-11-19(2)13-20(12-18)16-27-9-7-22(8-10-27)26-15-23(28)17-31-24-6-4-3-5-21(24)14-25(29)30/h3-6,11-13,22-23,26,28H,7-10,14-17H2,1-2H3,(H,29,30)/t23-/m1/s1. The predicted octanol–water partition coefficient (Wildman–Crippen LogP) is 2.92. The van der Waals surface area contributed by atoms with Crippen molar-refractivity contribution in [3.05, 3.63) is 64.7 Å². The number of nitrogens with zero attached hydrogens (tertiary/aromatic N) is 1. The molecule has 1 aliphatic heterocycles. The van der Waals surface area contributed by atoms with Crippen molar-refractivity contribution in [2.45, 2.75) is 51.8 Å². The van der Waals surface area contributed by atoms with Crippen LogP contribution in [0.1, 0.15) is 35.1 Å². The van der Waals surface area contributed by atoms with Crippen LogP contribution in [-0.4, -0.2) is 59.5 Å². The normalized spacial score (nSPS) is 16.2. The highest BCUT2D eigenvalue weighted by atomic mass is 16.5. The third-order valence-electron chi connectivity index (χ3n) is 5.66. The minimum atomic E-state index is -0.901. The highest BCUT2D eigenvalue weighted by Gasteiger charge is 2.20. The predicted molar refractivity (Wildman–Crippen MR) is 122 cm³/mol. The topological polar surface area (TPSA) is 82.0 Å². The van der Waals surface area contributed by atoms with Gasteiger partial charge >= 0.3 is 5.97 Å². The van der Waals surface area contributed by atoms with E-state index >= 15 is 0 Å². The number of aliphatic hydroxyl groups excluding tert-OH is 1. The van der Waals surface area contributed by atoms with E-state index in [9.17, 15) is 9.90 Å². The summed E-state index contributed by atoms with van der Waals surface area (Å²) in [4.78, 5) is 13.5. The smallest absolute Gasteiger partial charge is 0.307 e. The Morgan fingerprint density at radius 2 is 1.84 bits per heavy atom. The zero-order chi connectivity index (χ0) is 22.2. The van der Waals surface area contributed by atoms with Crippen molar-refractivity contribution in [3.8, 4) is 5.75 Å². The Bertz CT molecular complexity index is 842. The van der Waals surface area contributed by atoms with Crippen LogP contribution >= 0.6 is 0 Å². The van der Waals surface area contributed by atoms with Gasteiger partial charge in [-0.1, -0.05) is 47.5 Å². The van der Waals surface area contributed by atoms with Crippen LogP contribution in [0.15, 0.2) is 42.5 Å². The van der Waals surface area contributed by atoms with Crippen LogP contribution in [0.4, 0.5) is 0 Å². The number of aliphatic carboxylic acids is 1. The van der Waals surface area contributed by atoms with Gasteiger partial charge in [-0.15, -0.1) is 0 Å². The van der Waals surface area contributed by atoms with E-state index in [2.05, 4.69) is 42.3 Å². The Morgan fingerprint density at radius 1 is 1.16 bits per heavy atom. The molecule has 1 saturated heterocycles. The van der Waals surface area contributed by atoms with Gasteiger partial charge < -0.3 is 20.3 Å². The van der Waals surface area contributed by atoms with Crippen molar-refractivity contribution in [1.29, 1.82) is 0 Å². The Labute approximate surface area is 184 Å². The molecule has 0 aliphatic carbocycles. The van der Waals surface area contributed by atoms with E-state index in [-0.39, 0.29) is 13.0 Å². The minimum Gasteiger partial charge on any atom is -0.491 e. The highest BCUT2D eigenvalue weighted by molar-refractivity contribution is 5.71. The molecule has 1 aliphatic rings. The fourth-order valence-electron chi connectivity index (χ4n) is 4.21. The summed E-state index contributed by atoms with van der Waals surface area (Å²) in [7, 11) is 0. The van der Waals surface area contributed by atoms with E-state index in [1.54, 1.807) is 24.3 Å². The van der Waals surface area contributed by atoms with E-state index in [1.807, 2.05) is 0 Å². The van der Waals surface area contributed by atoms with Gasteiger partial charge in [-0.05, 0) is 51.4 Å². The molecule has 0 aromatic heterocycles. The van der Waals surface area contributed by atoms with Gasteiger partial charge in [0.1, 0.15) is 18.5 Å². The number of hydrogen-bond donors (Lipinski definition) is 3. The van der Waals surface area contributed by atoms with Gasteiger partial charge in [-0.2, -0.15) is 0 Å². The van der Waals surface area contributed by atoms with Crippen molar-refractivity contribution in [1.82, 2.24) is 10.2 Å². The monoisotopic (exact) mass is 426 g/mol. The molecule has 2 aromatic carbocycles. The molecule has 0 amide bonds. The lowest BCUT2D eigenvalue weighted by atomic mass is 10.0. The van der Waals surface area contributed by atoms with Crippen molar-refractivity contribution in [3.63, 3.8) is 0 Å². The molecule has 6 nitrogen and oxygen atoms in total. The maximum Gasteiger partial charge on any atom is 0.307 e. The summed E-state index contributed by atoms with van der Waals surface area (Å²) >= 11 is 0. The fraction of sp³-hybridized carbons (Fsp3) is 0.480. The Kier molecular flexibility index (Phi) is 8.46. The number of aliphatic hydroxyl groups is 1. The summed E-state index contributed by atoms with van der Waals surface area (Å²) in [5.41, 5.74) is 4.62. The molecule has 0 spiro atoms. The lowest BCUT2D eigenvalue weighted by Crippen LogP contribution is -2.45. The molecule has 1 heterocycles. The minimum absolute atomic E-state index is 0.0921. The number of likely N-dealkylation sites (tertiary alicyclic amines) is 1. The quantitative estimate of drug-likeness (QED) is 0.542. The van der Waals surface area contributed by atoms with E-state index in [4.69, 9.17) is 9.84 Å². The maximum absolute atomic E-state index is 11.0. The summed E-state index contributed by atoms with van der Waals surface area (Å²) in [5.74, 6) is -0.384. The second-order valence-electron chi connectivity index (χ2n) is 8.60. The largest absolute Gasteiger partial charge is 0.491 e. The van der Waals surface area contributed by atoms with Gasteiger partial charge in [-0.25, -0.2) is 0 Å². The molecule has 0 saturated carbocycles. The highest BCUT2D eigenvalue weighted by Crippen LogP contribution is 2.19. The molecule has 31 heavy (non-hydrogen) atoms. The number of para-hydroxylation sites is 1. The van der Waals surface area contributed by atoms with E-state index < -0.39 is 12.1 Å². The number of aryl methyl sites for hydroxylation is 2. The number of rotatable bonds is 10. The molecule has 1 fully saturated rings. The van der Waals surface area contributed by atoms with Crippen LogP contribution in [0.5, 0.6) is 5.75 Å². The maximum atomic E-state index is 11.0. The van der Waals surface area contributed by atoms with E-state index in [1.165, 1.54) is 16.7 Å². The van der Waals surface area contributed by atoms with Gasteiger partial charge in [0.05, 0.1) is 6.42 Å². The number of carboxylic acid groups (broad SMARTS) is 1. The average molecular weight is 427 g/mol. The van der Waals surface area contributed by atoms with Crippen molar-refractivity contribution >= 4 is 5.97 Å². The Morgan fingerprint density at radius 3 is 2.52 bits per heavy atom. The molecular formula is C25H34N2O4. The van der Waals surface area contributed by atoms with Crippen LogP contribution in [0.3, 0.4) is 0 Å². The number of carbonyl (C=O) groups is 1. The molecule has 168 valence electrons. The SMILES string of the molecule is Cc1cc(C)cc(CN2CCC(NC[C@@H](O)COc3ccccc3CC(=O)O)CC2)c1. The van der Waals surface area contributed by atoms with Gasteiger partial charge in [0.2, 0.25) is 0 Å². The number of piperidine rings is 1. The van der Waals surface area contributed by atoms with E-state index in [0.717, 1.165) is 32.5 Å².